The molecule has 0 fully saturated rings. The molecule has 0 aromatic heterocycles. The molecule has 0 aromatic carbocycles. The van der Waals surface area contributed by atoms with Crippen molar-refractivity contribution in [1.29, 1.82) is 0 Å². The first kappa shape index (κ1) is 15.4. The highest BCUT2D eigenvalue weighted by Gasteiger charge is 2.19. The van der Waals surface area contributed by atoms with Gasteiger partial charge in [-0.3, -0.25) is 0 Å². The molecule has 0 saturated carbocycles. The van der Waals surface area contributed by atoms with E-state index in [4.69, 9.17) is 5.11 Å². The van der Waals surface area contributed by atoms with E-state index in [9.17, 15) is 0 Å². The molecular weight excluding hydrogens is 162 g/mol. The molecule has 0 aliphatic heterocycles. The molecule has 0 amide bonds. The van der Waals surface area contributed by atoms with Crippen molar-refractivity contribution >= 4 is 0 Å². The molecule has 0 rings (SSSR count). The quantitative estimate of drug-likeness (QED) is 0.686. The van der Waals surface area contributed by atoms with Gasteiger partial charge >= 0.3 is 0 Å². The fourth-order valence-electron chi connectivity index (χ4n) is 2.00. The summed E-state index contributed by atoms with van der Waals surface area (Å²) in [5.74, 6) is 0. The lowest BCUT2D eigenvalue weighted by Crippen LogP contribution is -3.20. The van der Waals surface area contributed by atoms with E-state index in [1.807, 2.05) is 0 Å². The maximum atomic E-state index is 8.93. The zero-order valence-corrected chi connectivity index (χ0v) is 10.3. The maximum Gasteiger partial charge on any atom is 0.0821 e. The average molecular weight is 189 g/mol. The van der Waals surface area contributed by atoms with Gasteiger partial charge < -0.3 is 10.0 Å². The largest absolute Gasteiger partial charge is 0.855 e. The average Bonchev–Trinajstić information content (AvgIpc) is 1.84. The van der Waals surface area contributed by atoms with Gasteiger partial charge in [0, 0.05) is 0 Å². The van der Waals surface area contributed by atoms with Crippen LogP contribution < -0.4 is 10.0 Å². The third-order valence-corrected chi connectivity index (χ3v) is 2.00. The van der Waals surface area contributed by atoms with Gasteiger partial charge in [-0.1, -0.05) is 6.92 Å². The van der Waals surface area contributed by atoms with Gasteiger partial charge in [0.15, 0.2) is 0 Å². The molecule has 0 aliphatic rings. The Morgan fingerprint density at radius 1 is 0.846 bits per heavy atom. The van der Waals surface area contributed by atoms with Crippen LogP contribution in [-0.2, 0) is 0 Å². The Balaban J connectivity index is 0. The molecule has 0 bridgehead atoms. The number of hydrogen-bond donors (Lipinski definition) is 1. The zero-order chi connectivity index (χ0) is 11.0. The summed E-state index contributed by atoms with van der Waals surface area (Å²) < 4.78 is 0. The van der Waals surface area contributed by atoms with Crippen LogP contribution in [0.2, 0.25) is 0 Å². The smallest absolute Gasteiger partial charge is 0.0821 e. The maximum absolute atomic E-state index is 8.93. The van der Waals surface area contributed by atoms with Crippen LogP contribution in [0.4, 0.5) is 0 Å². The second-order valence-corrected chi connectivity index (χ2v) is 4.25. The fraction of sp³-hybridized carbons (Fsp3) is 1.00. The van der Waals surface area contributed by atoms with Gasteiger partial charge in [0.25, 0.3) is 0 Å². The summed E-state index contributed by atoms with van der Waals surface area (Å²) in [6, 6.07) is 2.25. The Kier molecular flexibility index (Phi) is 10.1. The summed E-state index contributed by atoms with van der Waals surface area (Å²) in [5.41, 5.74) is 0. The summed E-state index contributed by atoms with van der Waals surface area (Å²) in [5, 5.41) is 8.93. The van der Waals surface area contributed by atoms with E-state index in [-0.39, 0.29) is 6.61 Å². The predicted molar refractivity (Wildman–Crippen MR) is 56.9 cm³/mol. The van der Waals surface area contributed by atoms with E-state index in [2.05, 4.69) is 41.5 Å². The fourth-order valence-corrected chi connectivity index (χ4v) is 2.00. The second-order valence-electron chi connectivity index (χ2n) is 4.25. The van der Waals surface area contributed by atoms with Crippen LogP contribution in [0.25, 0.3) is 0 Å². The number of hydrogen-bond acceptors (Lipinski definition) is 1. The first-order valence-corrected chi connectivity index (χ1v) is 5.33. The van der Waals surface area contributed by atoms with Crippen molar-refractivity contribution in [3.8, 4) is 0 Å². The van der Waals surface area contributed by atoms with Crippen LogP contribution in [0.15, 0.2) is 0 Å². The minimum absolute atomic E-state index is 0. The highest BCUT2D eigenvalue weighted by Crippen LogP contribution is 1.81. The van der Waals surface area contributed by atoms with E-state index < -0.39 is 0 Å². The molecule has 2 nitrogen and oxygen atoms in total. The molecule has 0 aromatic rings. The Hall–Kier alpha value is -0.0800. The number of nitrogens with one attached hydrogen (secondary N) is 1. The molecule has 0 heterocycles. The molecule has 0 spiro atoms. The molecule has 1 N–H and O–H groups in total. The minimum Gasteiger partial charge on any atom is -0.855 e. The standard InChI is InChI=1S/C9H21N.C2H5O/c1-7(2)10(8(3)4)9(5)6;1-2-3/h7-9H,1-6H3;2H2,1H3/q;-1/p+1. The van der Waals surface area contributed by atoms with Crippen molar-refractivity contribution in [2.24, 2.45) is 0 Å². The summed E-state index contributed by atoms with van der Waals surface area (Å²) >= 11 is 0. The number of quaternary nitrogens is 1. The van der Waals surface area contributed by atoms with E-state index >= 15 is 0 Å². The normalized spacial score (nSPS) is 11.1. The van der Waals surface area contributed by atoms with Crippen molar-refractivity contribution < 1.29 is 10.0 Å². The van der Waals surface area contributed by atoms with Crippen LogP contribution in [0.5, 0.6) is 0 Å². The summed E-state index contributed by atoms with van der Waals surface area (Å²) in [7, 11) is 0. The third-order valence-electron chi connectivity index (χ3n) is 2.00. The number of rotatable bonds is 3. The molecule has 2 heteroatoms. The van der Waals surface area contributed by atoms with E-state index in [0.717, 1.165) is 18.1 Å². The molecular formula is C11H27NO. The van der Waals surface area contributed by atoms with Crippen LogP contribution in [-0.4, -0.2) is 24.7 Å². The lowest BCUT2D eigenvalue weighted by atomic mass is 10.2. The topological polar surface area (TPSA) is 27.5 Å². The van der Waals surface area contributed by atoms with E-state index in [1.54, 1.807) is 11.8 Å². The third kappa shape index (κ3) is 8.26. The highest BCUT2D eigenvalue weighted by molar-refractivity contribution is 4.45. The summed E-state index contributed by atoms with van der Waals surface area (Å²) in [6.45, 7) is 15.3. The monoisotopic (exact) mass is 189 g/mol. The van der Waals surface area contributed by atoms with Crippen molar-refractivity contribution in [2.45, 2.75) is 66.6 Å². The van der Waals surface area contributed by atoms with Crippen molar-refractivity contribution in [1.82, 2.24) is 0 Å². The predicted octanol–water partition coefficient (Wildman–Crippen LogP) is 0.463. The summed E-state index contributed by atoms with van der Waals surface area (Å²) in [6.07, 6.45) is 0. The van der Waals surface area contributed by atoms with Gasteiger partial charge in [-0.2, -0.15) is 0 Å². The van der Waals surface area contributed by atoms with Gasteiger partial charge in [0.2, 0.25) is 0 Å². The molecule has 0 radical (unpaired) electrons. The van der Waals surface area contributed by atoms with Crippen molar-refractivity contribution in [3.05, 3.63) is 0 Å². The van der Waals surface area contributed by atoms with E-state index in [0.29, 0.717) is 0 Å². The Morgan fingerprint density at radius 3 is 1.00 bits per heavy atom. The first-order chi connectivity index (χ1) is 5.88. The molecule has 0 saturated heterocycles. The Morgan fingerprint density at radius 2 is 1.00 bits per heavy atom. The molecule has 0 atom stereocenters. The van der Waals surface area contributed by atoms with Crippen LogP contribution in [0, 0.1) is 0 Å². The first-order valence-electron chi connectivity index (χ1n) is 5.33. The molecule has 0 aliphatic carbocycles. The lowest BCUT2D eigenvalue weighted by molar-refractivity contribution is -0.962. The zero-order valence-electron chi connectivity index (χ0n) is 10.3. The van der Waals surface area contributed by atoms with Crippen LogP contribution >= 0.6 is 0 Å². The SMILES string of the molecule is CC(C)[NH+](C(C)C)C(C)C.CC[O-]. The van der Waals surface area contributed by atoms with E-state index in [1.165, 1.54) is 0 Å². The molecule has 13 heavy (non-hydrogen) atoms. The highest BCUT2D eigenvalue weighted by atomic mass is 16.2. The molecule has 0 unspecified atom stereocenters. The van der Waals surface area contributed by atoms with Gasteiger partial charge in [-0.05, 0) is 41.5 Å². The van der Waals surface area contributed by atoms with Crippen LogP contribution in [0.1, 0.15) is 48.5 Å². The summed E-state index contributed by atoms with van der Waals surface area (Å²) in [4.78, 5) is 1.69. The van der Waals surface area contributed by atoms with Gasteiger partial charge in [0.1, 0.15) is 0 Å². The van der Waals surface area contributed by atoms with Gasteiger partial charge in [0.05, 0.1) is 18.1 Å². The van der Waals surface area contributed by atoms with Crippen molar-refractivity contribution in [2.75, 3.05) is 6.61 Å². The van der Waals surface area contributed by atoms with Crippen molar-refractivity contribution in [3.63, 3.8) is 0 Å². The Labute approximate surface area is 83.9 Å². The second kappa shape index (κ2) is 8.52. The lowest BCUT2D eigenvalue weighted by Gasteiger charge is -2.31. The van der Waals surface area contributed by atoms with Gasteiger partial charge in [-0.25, -0.2) is 0 Å². The Bertz CT molecular complexity index is 81.2. The molecule has 82 valence electrons. The van der Waals surface area contributed by atoms with Gasteiger partial charge in [-0.15, -0.1) is 6.61 Å². The van der Waals surface area contributed by atoms with Crippen LogP contribution in [0.3, 0.4) is 0 Å². The minimum atomic E-state index is 0.